The molecule has 1 rings (SSSR count). The summed E-state index contributed by atoms with van der Waals surface area (Å²) in [5.41, 5.74) is 5.39. The molecule has 12 heavy (non-hydrogen) atoms. The topological polar surface area (TPSA) is 64.4 Å². The van der Waals surface area contributed by atoms with Gasteiger partial charge in [0.25, 0.3) is 0 Å². The average molecular weight is 222 g/mol. The second-order valence-corrected chi connectivity index (χ2v) is 4.35. The highest BCUT2D eigenvalue weighted by atomic mass is 35.5. The van der Waals surface area contributed by atoms with Gasteiger partial charge in [0.15, 0.2) is 5.17 Å². The monoisotopic (exact) mass is 221 g/mol. The fourth-order valence-corrected chi connectivity index (χ4v) is 2.53. The number of halogens is 1. The van der Waals surface area contributed by atoms with E-state index in [1.165, 1.54) is 11.8 Å². The number of hydrogen-bond acceptors (Lipinski definition) is 4. The molecule has 0 aliphatic rings. The van der Waals surface area contributed by atoms with Crippen LogP contribution in [0.3, 0.4) is 0 Å². The zero-order chi connectivity index (χ0) is 8.97. The molecule has 0 amide bonds. The quantitative estimate of drug-likeness (QED) is 0.347. The first-order valence-electron chi connectivity index (χ1n) is 3.12. The fourth-order valence-electron chi connectivity index (χ4n) is 0.605. The second kappa shape index (κ2) is 4.59. The van der Waals surface area contributed by atoms with E-state index >= 15 is 0 Å². The molecular formula is C6H8ClN3S2. The van der Waals surface area contributed by atoms with E-state index in [-0.39, 0.29) is 0 Å². The molecule has 0 aliphatic carbocycles. The Bertz CT molecular complexity index is 284. The van der Waals surface area contributed by atoms with Crippen molar-refractivity contribution in [2.45, 2.75) is 5.75 Å². The molecule has 3 nitrogen and oxygen atoms in total. The van der Waals surface area contributed by atoms with Crippen LogP contribution in [0.25, 0.3) is 0 Å². The van der Waals surface area contributed by atoms with Crippen molar-refractivity contribution in [1.29, 1.82) is 0 Å². The van der Waals surface area contributed by atoms with Crippen LogP contribution in [-0.2, 0) is 5.75 Å². The van der Waals surface area contributed by atoms with Gasteiger partial charge in [0.1, 0.15) is 0 Å². The Kier molecular flexibility index (Phi) is 3.71. The SMILES string of the molecule is N/N=C(/N)SCc1sccc1Cl. The molecule has 66 valence electrons. The number of hydrogen-bond donors (Lipinski definition) is 2. The largest absolute Gasteiger partial charge is 0.377 e. The van der Waals surface area contributed by atoms with Gasteiger partial charge in [-0.05, 0) is 11.4 Å². The molecule has 4 N–H and O–H groups in total. The maximum Gasteiger partial charge on any atom is 0.177 e. The summed E-state index contributed by atoms with van der Waals surface area (Å²) in [4.78, 5) is 1.09. The third kappa shape index (κ3) is 2.58. The zero-order valence-electron chi connectivity index (χ0n) is 6.16. The maximum atomic E-state index is 5.85. The van der Waals surface area contributed by atoms with Gasteiger partial charge in [-0.3, -0.25) is 0 Å². The van der Waals surface area contributed by atoms with Crippen molar-refractivity contribution in [3.63, 3.8) is 0 Å². The molecule has 0 aromatic carbocycles. The molecule has 0 aliphatic heterocycles. The van der Waals surface area contributed by atoms with Crippen molar-refractivity contribution in [3.05, 3.63) is 21.3 Å². The molecule has 0 bridgehead atoms. The Hall–Kier alpha value is -0.390. The van der Waals surface area contributed by atoms with Crippen molar-refractivity contribution >= 4 is 39.9 Å². The van der Waals surface area contributed by atoms with E-state index in [1.54, 1.807) is 11.3 Å². The Morgan fingerprint density at radius 2 is 2.50 bits per heavy atom. The first-order valence-corrected chi connectivity index (χ1v) is 5.36. The van der Waals surface area contributed by atoms with E-state index in [2.05, 4.69) is 5.10 Å². The van der Waals surface area contributed by atoms with Gasteiger partial charge in [0.2, 0.25) is 0 Å². The lowest BCUT2D eigenvalue weighted by Gasteiger charge is -1.96. The van der Waals surface area contributed by atoms with E-state index in [1.807, 2.05) is 11.4 Å². The van der Waals surface area contributed by atoms with Crippen LogP contribution in [0.2, 0.25) is 5.02 Å². The van der Waals surface area contributed by atoms with E-state index in [0.717, 1.165) is 15.7 Å². The molecule has 0 atom stereocenters. The first-order chi connectivity index (χ1) is 5.74. The highest BCUT2D eigenvalue weighted by molar-refractivity contribution is 8.13. The summed E-state index contributed by atoms with van der Waals surface area (Å²) in [5, 5.41) is 6.42. The van der Waals surface area contributed by atoms with Crippen LogP contribution in [-0.4, -0.2) is 5.17 Å². The molecule has 0 fully saturated rings. The van der Waals surface area contributed by atoms with E-state index in [9.17, 15) is 0 Å². The summed E-state index contributed by atoms with van der Waals surface area (Å²) in [6.07, 6.45) is 0. The highest BCUT2D eigenvalue weighted by Crippen LogP contribution is 2.26. The predicted molar refractivity (Wildman–Crippen MR) is 56.4 cm³/mol. The summed E-state index contributed by atoms with van der Waals surface area (Å²) in [6.45, 7) is 0. The molecule has 1 aromatic heterocycles. The number of thiophene rings is 1. The summed E-state index contributed by atoms with van der Waals surface area (Å²) in [5.74, 6) is 5.69. The predicted octanol–water partition coefficient (Wildman–Crippen LogP) is 1.82. The zero-order valence-corrected chi connectivity index (χ0v) is 8.55. The standard InChI is InChI=1S/C6H8ClN3S2/c7-4-1-2-11-5(4)3-12-6(8)10-9/h1-2H,3,9H2,(H2,8,10). The fraction of sp³-hybridized carbons (Fsp3) is 0.167. The maximum absolute atomic E-state index is 5.85. The molecule has 0 saturated carbocycles. The van der Waals surface area contributed by atoms with Gasteiger partial charge in [-0.25, -0.2) is 0 Å². The normalized spacial score (nSPS) is 11.9. The third-order valence-electron chi connectivity index (χ3n) is 1.17. The van der Waals surface area contributed by atoms with Crippen LogP contribution in [0.4, 0.5) is 0 Å². The Balaban J connectivity index is 2.49. The molecule has 6 heteroatoms. The Labute approximate surface area is 83.8 Å². The number of hydrazone groups is 1. The highest BCUT2D eigenvalue weighted by Gasteiger charge is 2.02. The molecule has 0 unspecified atom stereocenters. The van der Waals surface area contributed by atoms with Gasteiger partial charge in [-0.1, -0.05) is 23.4 Å². The average Bonchev–Trinajstić information content (AvgIpc) is 2.47. The van der Waals surface area contributed by atoms with E-state index in [4.69, 9.17) is 23.2 Å². The van der Waals surface area contributed by atoms with Crippen LogP contribution < -0.4 is 11.6 Å². The van der Waals surface area contributed by atoms with E-state index < -0.39 is 0 Å². The van der Waals surface area contributed by atoms with Gasteiger partial charge >= 0.3 is 0 Å². The molecule has 1 aromatic rings. The third-order valence-corrected chi connectivity index (χ3v) is 3.57. The van der Waals surface area contributed by atoms with Crippen molar-refractivity contribution < 1.29 is 0 Å². The number of nitrogens with zero attached hydrogens (tertiary/aromatic N) is 1. The number of nitrogens with two attached hydrogens (primary N) is 2. The summed E-state index contributed by atoms with van der Waals surface area (Å²) >= 11 is 8.83. The van der Waals surface area contributed by atoms with Gasteiger partial charge < -0.3 is 11.6 Å². The lowest BCUT2D eigenvalue weighted by atomic mass is 10.5. The lowest BCUT2D eigenvalue weighted by Crippen LogP contribution is -2.09. The van der Waals surface area contributed by atoms with E-state index in [0.29, 0.717) is 5.17 Å². The van der Waals surface area contributed by atoms with Gasteiger partial charge in [0.05, 0.1) is 5.02 Å². The van der Waals surface area contributed by atoms with Crippen LogP contribution in [0.5, 0.6) is 0 Å². The Morgan fingerprint density at radius 1 is 1.75 bits per heavy atom. The summed E-state index contributed by atoms with van der Waals surface area (Å²) in [7, 11) is 0. The van der Waals surface area contributed by atoms with Crippen LogP contribution in [0.1, 0.15) is 4.88 Å². The van der Waals surface area contributed by atoms with Gasteiger partial charge in [0, 0.05) is 10.6 Å². The summed E-state index contributed by atoms with van der Waals surface area (Å²) in [6, 6.07) is 1.86. The van der Waals surface area contributed by atoms with Crippen LogP contribution in [0.15, 0.2) is 16.5 Å². The Morgan fingerprint density at radius 3 is 3.00 bits per heavy atom. The lowest BCUT2D eigenvalue weighted by molar-refractivity contribution is 1.25. The minimum absolute atomic E-state index is 0.375. The summed E-state index contributed by atoms with van der Waals surface area (Å²) < 4.78 is 0. The van der Waals surface area contributed by atoms with Gasteiger partial charge in [-0.15, -0.1) is 11.3 Å². The molecule has 0 radical (unpaired) electrons. The van der Waals surface area contributed by atoms with Crippen molar-refractivity contribution in [3.8, 4) is 0 Å². The molecule has 0 spiro atoms. The number of rotatable bonds is 2. The van der Waals surface area contributed by atoms with Crippen LogP contribution >= 0.6 is 34.7 Å². The van der Waals surface area contributed by atoms with Crippen molar-refractivity contribution in [2.75, 3.05) is 0 Å². The molecule has 1 heterocycles. The van der Waals surface area contributed by atoms with Crippen molar-refractivity contribution in [1.82, 2.24) is 0 Å². The number of amidine groups is 1. The minimum Gasteiger partial charge on any atom is -0.377 e. The minimum atomic E-state index is 0.375. The molecule has 0 saturated heterocycles. The number of thioether (sulfide) groups is 1. The second-order valence-electron chi connectivity index (χ2n) is 1.95. The molecular weight excluding hydrogens is 214 g/mol. The van der Waals surface area contributed by atoms with Crippen molar-refractivity contribution in [2.24, 2.45) is 16.7 Å². The van der Waals surface area contributed by atoms with Crippen LogP contribution in [0, 0.1) is 0 Å². The smallest absolute Gasteiger partial charge is 0.177 e. The van der Waals surface area contributed by atoms with Gasteiger partial charge in [-0.2, -0.15) is 5.10 Å². The first kappa shape index (κ1) is 9.70.